The predicted octanol–water partition coefficient (Wildman–Crippen LogP) is 2.21. The SMILES string of the molecule is CS(=O)(=O)Nc1ccc(CNC(=O)NC[C@H]2CC=CCC2)cc1. The zero-order chi connectivity index (χ0) is 16.7. The van der Waals surface area contributed by atoms with Crippen molar-refractivity contribution in [3.05, 3.63) is 42.0 Å². The van der Waals surface area contributed by atoms with E-state index >= 15 is 0 Å². The lowest BCUT2D eigenvalue weighted by atomic mass is 9.94. The lowest BCUT2D eigenvalue weighted by molar-refractivity contribution is 0.238. The lowest BCUT2D eigenvalue weighted by Gasteiger charge is -2.18. The topological polar surface area (TPSA) is 87.3 Å². The molecule has 1 aromatic carbocycles. The van der Waals surface area contributed by atoms with E-state index < -0.39 is 10.0 Å². The van der Waals surface area contributed by atoms with Crippen LogP contribution in [0.2, 0.25) is 0 Å². The van der Waals surface area contributed by atoms with Crippen molar-refractivity contribution in [1.29, 1.82) is 0 Å². The number of amides is 2. The second kappa shape index (κ2) is 8.01. The van der Waals surface area contributed by atoms with Gasteiger partial charge in [-0.3, -0.25) is 4.72 Å². The van der Waals surface area contributed by atoms with E-state index in [1.54, 1.807) is 24.3 Å². The van der Waals surface area contributed by atoms with Crippen molar-refractivity contribution in [3.8, 4) is 0 Å². The van der Waals surface area contributed by atoms with Gasteiger partial charge in [-0.15, -0.1) is 0 Å². The average molecular weight is 337 g/mol. The Morgan fingerprint density at radius 1 is 1.17 bits per heavy atom. The molecule has 0 bridgehead atoms. The smallest absolute Gasteiger partial charge is 0.315 e. The van der Waals surface area contributed by atoms with Gasteiger partial charge in [0.25, 0.3) is 0 Å². The molecule has 7 heteroatoms. The molecule has 126 valence electrons. The van der Waals surface area contributed by atoms with Gasteiger partial charge in [0.05, 0.1) is 6.26 Å². The molecule has 0 unspecified atom stereocenters. The highest BCUT2D eigenvalue weighted by Gasteiger charge is 2.11. The van der Waals surface area contributed by atoms with Gasteiger partial charge in [-0.25, -0.2) is 13.2 Å². The van der Waals surface area contributed by atoms with Crippen LogP contribution >= 0.6 is 0 Å². The van der Waals surface area contributed by atoms with Gasteiger partial charge < -0.3 is 10.6 Å². The van der Waals surface area contributed by atoms with Gasteiger partial charge in [0.1, 0.15) is 0 Å². The minimum atomic E-state index is -3.27. The van der Waals surface area contributed by atoms with Crippen LogP contribution in [0.1, 0.15) is 24.8 Å². The number of benzene rings is 1. The Balaban J connectivity index is 1.72. The maximum absolute atomic E-state index is 11.8. The first-order valence-electron chi connectivity index (χ1n) is 7.66. The summed E-state index contributed by atoms with van der Waals surface area (Å²) in [4.78, 5) is 11.8. The summed E-state index contributed by atoms with van der Waals surface area (Å²) in [6, 6.07) is 6.71. The quantitative estimate of drug-likeness (QED) is 0.696. The Morgan fingerprint density at radius 3 is 2.52 bits per heavy atom. The normalized spacial score (nSPS) is 17.5. The third kappa shape index (κ3) is 6.73. The second-order valence-electron chi connectivity index (χ2n) is 5.79. The summed E-state index contributed by atoms with van der Waals surface area (Å²) in [5.41, 5.74) is 1.41. The van der Waals surface area contributed by atoms with Crippen molar-refractivity contribution >= 4 is 21.7 Å². The van der Waals surface area contributed by atoms with Crippen LogP contribution in [0.25, 0.3) is 0 Å². The Labute approximate surface area is 137 Å². The first-order valence-corrected chi connectivity index (χ1v) is 9.55. The maximum atomic E-state index is 11.8. The molecule has 0 radical (unpaired) electrons. The van der Waals surface area contributed by atoms with Crippen LogP contribution in [0.3, 0.4) is 0 Å². The van der Waals surface area contributed by atoms with E-state index in [1.165, 1.54) is 0 Å². The molecule has 2 rings (SSSR count). The summed E-state index contributed by atoms with van der Waals surface area (Å²) in [7, 11) is -3.27. The Hall–Kier alpha value is -2.02. The van der Waals surface area contributed by atoms with Crippen molar-refractivity contribution in [3.63, 3.8) is 0 Å². The molecule has 1 aromatic rings. The number of allylic oxidation sites excluding steroid dienone is 2. The molecule has 0 saturated heterocycles. The number of nitrogens with one attached hydrogen (secondary N) is 3. The molecule has 0 aliphatic heterocycles. The monoisotopic (exact) mass is 337 g/mol. The molecule has 0 heterocycles. The van der Waals surface area contributed by atoms with Gasteiger partial charge in [-0.2, -0.15) is 0 Å². The second-order valence-corrected chi connectivity index (χ2v) is 7.53. The van der Waals surface area contributed by atoms with Gasteiger partial charge >= 0.3 is 6.03 Å². The highest BCUT2D eigenvalue weighted by Crippen LogP contribution is 2.16. The number of carbonyl (C=O) groups excluding carboxylic acids is 1. The van der Waals surface area contributed by atoms with E-state index in [-0.39, 0.29) is 6.03 Å². The maximum Gasteiger partial charge on any atom is 0.315 e. The van der Waals surface area contributed by atoms with Crippen LogP contribution in [-0.4, -0.2) is 27.2 Å². The number of rotatable bonds is 6. The number of hydrogen-bond acceptors (Lipinski definition) is 3. The minimum Gasteiger partial charge on any atom is -0.338 e. The van der Waals surface area contributed by atoms with Gasteiger partial charge in [0, 0.05) is 18.8 Å². The molecule has 2 amide bonds. The van der Waals surface area contributed by atoms with E-state index in [4.69, 9.17) is 0 Å². The molecule has 0 spiro atoms. The van der Waals surface area contributed by atoms with Gasteiger partial charge in [-0.05, 0) is 42.9 Å². The fraction of sp³-hybridized carbons (Fsp3) is 0.438. The molecule has 1 atom stereocenters. The predicted molar refractivity (Wildman–Crippen MR) is 91.6 cm³/mol. The number of carbonyl (C=O) groups is 1. The summed E-state index contributed by atoms with van der Waals surface area (Å²) < 4.78 is 24.6. The summed E-state index contributed by atoms with van der Waals surface area (Å²) >= 11 is 0. The summed E-state index contributed by atoms with van der Waals surface area (Å²) in [5.74, 6) is 0.520. The zero-order valence-corrected chi connectivity index (χ0v) is 14.0. The van der Waals surface area contributed by atoms with Crippen molar-refractivity contribution in [2.24, 2.45) is 5.92 Å². The molecule has 1 aliphatic carbocycles. The van der Waals surface area contributed by atoms with Crippen molar-refractivity contribution in [2.45, 2.75) is 25.8 Å². The molecular weight excluding hydrogens is 314 g/mol. The third-order valence-corrected chi connectivity index (χ3v) is 4.25. The molecule has 0 fully saturated rings. The largest absolute Gasteiger partial charge is 0.338 e. The lowest BCUT2D eigenvalue weighted by Crippen LogP contribution is -2.38. The van der Waals surface area contributed by atoms with Crippen LogP contribution in [0.15, 0.2) is 36.4 Å². The van der Waals surface area contributed by atoms with E-state index in [1.807, 2.05) is 0 Å². The van der Waals surface area contributed by atoms with Gasteiger partial charge in [-0.1, -0.05) is 24.3 Å². The van der Waals surface area contributed by atoms with E-state index in [0.29, 0.717) is 24.7 Å². The number of anilines is 1. The molecule has 3 N–H and O–H groups in total. The Kier molecular flexibility index (Phi) is 6.04. The van der Waals surface area contributed by atoms with Crippen molar-refractivity contribution < 1.29 is 13.2 Å². The Morgan fingerprint density at radius 2 is 1.91 bits per heavy atom. The first kappa shape index (κ1) is 17.3. The molecule has 0 aromatic heterocycles. The van der Waals surface area contributed by atoms with Crippen LogP contribution in [0.5, 0.6) is 0 Å². The average Bonchev–Trinajstić information content (AvgIpc) is 2.52. The standard InChI is InChI=1S/C16H23N3O3S/c1-23(21,22)19-15-9-7-14(8-10-15)12-18-16(20)17-11-13-5-3-2-4-6-13/h2-3,7-10,13,19H,4-6,11-12H2,1H3,(H2,17,18,20)/t13-/m0/s1. The summed E-state index contributed by atoms with van der Waals surface area (Å²) in [6.07, 6.45) is 8.68. The van der Waals surface area contributed by atoms with E-state index in [0.717, 1.165) is 31.1 Å². The van der Waals surface area contributed by atoms with Crippen molar-refractivity contribution in [1.82, 2.24) is 10.6 Å². The summed E-state index contributed by atoms with van der Waals surface area (Å²) in [5, 5.41) is 5.69. The number of sulfonamides is 1. The van der Waals surface area contributed by atoms with Gasteiger partial charge in [0.15, 0.2) is 0 Å². The van der Waals surface area contributed by atoms with Crippen LogP contribution < -0.4 is 15.4 Å². The molecule has 1 aliphatic rings. The Bertz CT molecular complexity index is 654. The van der Waals surface area contributed by atoms with Crippen LogP contribution in [0.4, 0.5) is 10.5 Å². The molecular formula is C16H23N3O3S. The number of urea groups is 1. The highest BCUT2D eigenvalue weighted by atomic mass is 32.2. The van der Waals surface area contributed by atoms with Crippen LogP contribution in [0, 0.1) is 5.92 Å². The molecule has 6 nitrogen and oxygen atoms in total. The minimum absolute atomic E-state index is 0.183. The first-order chi connectivity index (χ1) is 10.9. The highest BCUT2D eigenvalue weighted by molar-refractivity contribution is 7.92. The van der Waals surface area contributed by atoms with E-state index in [9.17, 15) is 13.2 Å². The van der Waals surface area contributed by atoms with Crippen molar-refractivity contribution in [2.75, 3.05) is 17.5 Å². The summed E-state index contributed by atoms with van der Waals surface area (Å²) in [6.45, 7) is 1.09. The molecule has 23 heavy (non-hydrogen) atoms. The fourth-order valence-electron chi connectivity index (χ4n) is 2.43. The van der Waals surface area contributed by atoms with Crippen LogP contribution in [-0.2, 0) is 16.6 Å². The molecule has 0 saturated carbocycles. The zero-order valence-electron chi connectivity index (χ0n) is 13.2. The number of hydrogen-bond donors (Lipinski definition) is 3. The fourth-order valence-corrected chi connectivity index (χ4v) is 2.99. The van der Waals surface area contributed by atoms with Gasteiger partial charge in [0.2, 0.25) is 10.0 Å². The third-order valence-electron chi connectivity index (χ3n) is 3.64. The van der Waals surface area contributed by atoms with E-state index in [2.05, 4.69) is 27.5 Å².